The van der Waals surface area contributed by atoms with Crippen LogP contribution in [0.5, 0.6) is 0 Å². The van der Waals surface area contributed by atoms with Gasteiger partial charge in [0.2, 0.25) is 0 Å². The molecule has 0 saturated heterocycles. The van der Waals surface area contributed by atoms with Gasteiger partial charge in [0.25, 0.3) is 5.91 Å². The number of nitrogens with one attached hydrogen (secondary N) is 2. The zero-order valence-electron chi connectivity index (χ0n) is 18.6. The van der Waals surface area contributed by atoms with Crippen molar-refractivity contribution in [3.05, 3.63) is 47.7 Å². The molecule has 0 atom stereocenters. The summed E-state index contributed by atoms with van der Waals surface area (Å²) < 4.78 is 1.87. The monoisotopic (exact) mass is 408 g/mol. The van der Waals surface area contributed by atoms with E-state index in [4.69, 9.17) is 4.98 Å². The van der Waals surface area contributed by atoms with Gasteiger partial charge in [-0.2, -0.15) is 5.10 Å². The SMILES string of the molecule is CCNC(=O)c1cc(-c2cccc(CN(C)CCNC)c2)nc2c1cnn2C(C)C. The second kappa shape index (κ2) is 9.82. The smallest absolute Gasteiger partial charge is 0.252 e. The number of hydrogen-bond acceptors (Lipinski definition) is 5. The molecule has 30 heavy (non-hydrogen) atoms. The number of amides is 1. The fraction of sp³-hybridized carbons (Fsp3) is 0.435. The molecule has 160 valence electrons. The summed E-state index contributed by atoms with van der Waals surface area (Å²) in [7, 11) is 4.08. The molecule has 0 saturated carbocycles. The van der Waals surface area contributed by atoms with Crippen LogP contribution in [0, 0.1) is 0 Å². The maximum atomic E-state index is 12.7. The fourth-order valence-electron chi connectivity index (χ4n) is 3.51. The van der Waals surface area contributed by atoms with Gasteiger partial charge >= 0.3 is 0 Å². The number of fused-ring (bicyclic) bond motifs is 1. The second-order valence-corrected chi connectivity index (χ2v) is 7.88. The minimum absolute atomic E-state index is 0.0996. The fourth-order valence-corrected chi connectivity index (χ4v) is 3.51. The van der Waals surface area contributed by atoms with Crippen molar-refractivity contribution >= 4 is 16.9 Å². The summed E-state index contributed by atoms with van der Waals surface area (Å²) in [6.07, 6.45) is 1.74. The lowest BCUT2D eigenvalue weighted by atomic mass is 10.0. The molecule has 0 unspecified atom stereocenters. The van der Waals surface area contributed by atoms with E-state index in [9.17, 15) is 4.79 Å². The molecule has 1 amide bonds. The van der Waals surface area contributed by atoms with Crippen LogP contribution in [0.4, 0.5) is 0 Å². The van der Waals surface area contributed by atoms with Crippen molar-refractivity contribution < 1.29 is 4.79 Å². The van der Waals surface area contributed by atoms with Crippen molar-refractivity contribution in [2.24, 2.45) is 0 Å². The van der Waals surface area contributed by atoms with Gasteiger partial charge in [0.05, 0.1) is 22.8 Å². The minimum Gasteiger partial charge on any atom is -0.352 e. The maximum absolute atomic E-state index is 12.7. The molecule has 0 aliphatic carbocycles. The molecule has 2 aromatic heterocycles. The van der Waals surface area contributed by atoms with Crippen molar-refractivity contribution in [3.8, 4) is 11.3 Å². The lowest BCUT2D eigenvalue weighted by Crippen LogP contribution is -2.26. The van der Waals surface area contributed by atoms with Gasteiger partial charge in [0.15, 0.2) is 5.65 Å². The van der Waals surface area contributed by atoms with Gasteiger partial charge in [-0.15, -0.1) is 0 Å². The number of aromatic nitrogens is 3. The van der Waals surface area contributed by atoms with E-state index < -0.39 is 0 Å². The van der Waals surface area contributed by atoms with E-state index >= 15 is 0 Å². The van der Waals surface area contributed by atoms with Crippen molar-refractivity contribution in [2.75, 3.05) is 33.7 Å². The number of rotatable bonds is 9. The topological polar surface area (TPSA) is 75.1 Å². The van der Waals surface area contributed by atoms with E-state index in [0.717, 1.165) is 41.9 Å². The molecule has 1 aromatic carbocycles. The molecule has 0 aliphatic heterocycles. The summed E-state index contributed by atoms with van der Waals surface area (Å²) in [5.74, 6) is -0.0996. The molecule has 0 aliphatic rings. The number of carbonyl (C=O) groups excluding carboxylic acids is 1. The Morgan fingerprint density at radius 1 is 1.27 bits per heavy atom. The highest BCUT2D eigenvalue weighted by Gasteiger charge is 2.18. The zero-order valence-corrected chi connectivity index (χ0v) is 18.6. The third-order valence-corrected chi connectivity index (χ3v) is 5.06. The molecule has 0 fully saturated rings. The van der Waals surface area contributed by atoms with E-state index in [-0.39, 0.29) is 11.9 Å². The van der Waals surface area contributed by atoms with Gasteiger partial charge in [0.1, 0.15) is 0 Å². The second-order valence-electron chi connectivity index (χ2n) is 7.88. The molecular formula is C23H32N6O. The Labute approximate surface area is 178 Å². The summed E-state index contributed by atoms with van der Waals surface area (Å²) in [5, 5.41) is 11.4. The predicted octanol–water partition coefficient (Wildman–Crippen LogP) is 3.08. The average Bonchev–Trinajstić information content (AvgIpc) is 3.16. The van der Waals surface area contributed by atoms with Crippen LogP contribution in [0.15, 0.2) is 36.5 Å². The molecule has 0 spiro atoms. The highest BCUT2D eigenvalue weighted by molar-refractivity contribution is 6.06. The van der Waals surface area contributed by atoms with Crippen LogP contribution >= 0.6 is 0 Å². The molecule has 7 heteroatoms. The van der Waals surface area contributed by atoms with E-state index in [2.05, 4.69) is 53.7 Å². The quantitative estimate of drug-likeness (QED) is 0.569. The Hall–Kier alpha value is -2.77. The van der Waals surface area contributed by atoms with Crippen molar-refractivity contribution in [3.63, 3.8) is 0 Å². The Morgan fingerprint density at radius 3 is 2.77 bits per heavy atom. The Balaban J connectivity index is 2.04. The lowest BCUT2D eigenvalue weighted by Gasteiger charge is -2.17. The van der Waals surface area contributed by atoms with Crippen LogP contribution in [0.2, 0.25) is 0 Å². The standard InChI is InChI=1S/C23H32N6O/c1-6-25-23(30)19-13-21(27-22-20(19)14-26-29(22)16(2)3)18-9-7-8-17(12-18)15-28(5)11-10-24-4/h7-9,12-14,16,24H,6,10-11,15H2,1-5H3,(H,25,30). The first-order valence-electron chi connectivity index (χ1n) is 10.5. The highest BCUT2D eigenvalue weighted by Crippen LogP contribution is 2.27. The Morgan fingerprint density at radius 2 is 2.07 bits per heavy atom. The predicted molar refractivity (Wildman–Crippen MR) is 122 cm³/mol. The number of nitrogens with zero attached hydrogens (tertiary/aromatic N) is 4. The van der Waals surface area contributed by atoms with Crippen molar-refractivity contribution in [1.82, 2.24) is 30.3 Å². The molecular weight excluding hydrogens is 376 g/mol. The van der Waals surface area contributed by atoms with Crippen LogP contribution in [-0.4, -0.2) is 59.3 Å². The summed E-state index contributed by atoms with van der Waals surface area (Å²) in [4.78, 5) is 19.9. The summed E-state index contributed by atoms with van der Waals surface area (Å²) >= 11 is 0. The minimum atomic E-state index is -0.0996. The van der Waals surface area contributed by atoms with Gasteiger partial charge in [-0.1, -0.05) is 18.2 Å². The third kappa shape index (κ3) is 4.86. The summed E-state index contributed by atoms with van der Waals surface area (Å²) in [6, 6.07) is 10.4. The molecule has 7 nitrogen and oxygen atoms in total. The van der Waals surface area contributed by atoms with E-state index in [1.165, 1.54) is 5.56 Å². The molecule has 3 rings (SSSR count). The van der Waals surface area contributed by atoms with Gasteiger partial charge in [-0.05, 0) is 52.6 Å². The zero-order chi connectivity index (χ0) is 21.7. The van der Waals surface area contributed by atoms with Gasteiger partial charge in [-0.3, -0.25) is 4.79 Å². The van der Waals surface area contributed by atoms with Gasteiger partial charge in [-0.25, -0.2) is 9.67 Å². The van der Waals surface area contributed by atoms with Crippen LogP contribution in [0.25, 0.3) is 22.3 Å². The van der Waals surface area contributed by atoms with Crippen molar-refractivity contribution in [1.29, 1.82) is 0 Å². The Bertz CT molecular complexity index is 1010. The first-order chi connectivity index (χ1) is 14.4. The lowest BCUT2D eigenvalue weighted by molar-refractivity contribution is 0.0957. The normalized spacial score (nSPS) is 11.6. The Kier molecular flexibility index (Phi) is 7.18. The first-order valence-corrected chi connectivity index (χ1v) is 10.5. The molecule has 0 bridgehead atoms. The maximum Gasteiger partial charge on any atom is 0.252 e. The summed E-state index contributed by atoms with van der Waals surface area (Å²) in [6.45, 7) is 9.39. The van der Waals surface area contributed by atoms with Gasteiger partial charge < -0.3 is 15.5 Å². The largest absolute Gasteiger partial charge is 0.352 e. The van der Waals surface area contributed by atoms with Crippen LogP contribution in [0.3, 0.4) is 0 Å². The van der Waals surface area contributed by atoms with Crippen LogP contribution in [-0.2, 0) is 6.54 Å². The third-order valence-electron chi connectivity index (χ3n) is 5.06. The first kappa shape index (κ1) is 21.9. The highest BCUT2D eigenvalue weighted by atomic mass is 16.1. The van der Waals surface area contributed by atoms with E-state index in [1.54, 1.807) is 6.20 Å². The molecule has 3 aromatic rings. The summed E-state index contributed by atoms with van der Waals surface area (Å²) in [5.41, 5.74) is 4.34. The number of carbonyl (C=O) groups is 1. The van der Waals surface area contributed by atoms with E-state index in [0.29, 0.717) is 12.1 Å². The number of benzene rings is 1. The van der Waals surface area contributed by atoms with Crippen LogP contribution < -0.4 is 10.6 Å². The van der Waals surface area contributed by atoms with Crippen LogP contribution in [0.1, 0.15) is 42.7 Å². The molecule has 0 radical (unpaired) electrons. The molecule has 2 heterocycles. The number of hydrogen-bond donors (Lipinski definition) is 2. The van der Waals surface area contributed by atoms with E-state index in [1.807, 2.05) is 36.9 Å². The molecule has 2 N–H and O–H groups in total. The average molecular weight is 409 g/mol. The van der Waals surface area contributed by atoms with Crippen molar-refractivity contribution in [2.45, 2.75) is 33.4 Å². The van der Waals surface area contributed by atoms with Gasteiger partial charge in [0, 0.05) is 37.8 Å². The number of pyridine rings is 1. The number of likely N-dealkylation sites (N-methyl/N-ethyl adjacent to an activating group) is 2.